The van der Waals surface area contributed by atoms with Crippen LogP contribution < -0.4 is 0 Å². The van der Waals surface area contributed by atoms with Crippen LogP contribution >= 0.6 is 0 Å². The highest BCUT2D eigenvalue weighted by atomic mass is 16.8. The maximum atomic E-state index is 12.1. The number of carbonyl (C=O) groups excluding carboxylic acids is 1. The molecule has 5 rings (SSSR count). The second-order valence-electron chi connectivity index (χ2n) is 9.10. The summed E-state index contributed by atoms with van der Waals surface area (Å²) in [7, 11) is 0. The largest absolute Gasteiger partial charge is 0.472 e. The summed E-state index contributed by atoms with van der Waals surface area (Å²) in [6.07, 6.45) is -4.23. The SMILES string of the molecule is O=C(/C=C/c1ccccc1)OC[C@H]1O[C@@H](O[C@@H]2OC=C[C@H]3C(O)C4O[C@]4(CO)[C@@H]23)[C@H](O)[C@@H](O)[C@@H]1O. The lowest BCUT2D eigenvalue weighted by atomic mass is 9.85. The standard InChI is InChI=1S/C24H28O11/c25-11-24-16-13(17(27)21(24)35-24)8-9-31-22(16)34-23-20(30)19(29)18(28)14(33-23)10-32-15(26)7-6-12-4-2-1-3-5-12/h1-9,13-14,16-23,25,27-30H,10-11H2/b7-6+/t13-,14-,16-,17?,18-,19+,20-,21?,22+,23+,24-/m1/s1. The Hall–Kier alpha value is -2.35. The molecule has 11 atom stereocenters. The highest BCUT2D eigenvalue weighted by Crippen LogP contribution is 2.59. The van der Waals surface area contributed by atoms with Crippen LogP contribution in [0.1, 0.15) is 5.56 Å². The predicted octanol–water partition coefficient (Wildman–Crippen LogP) is -1.33. The fraction of sp³-hybridized carbons (Fsp3) is 0.542. The summed E-state index contributed by atoms with van der Waals surface area (Å²) in [4.78, 5) is 12.1. The van der Waals surface area contributed by atoms with Gasteiger partial charge in [-0.3, -0.25) is 0 Å². The van der Waals surface area contributed by atoms with Gasteiger partial charge in [-0.15, -0.1) is 0 Å². The minimum atomic E-state index is -1.65. The maximum Gasteiger partial charge on any atom is 0.330 e. The second kappa shape index (κ2) is 9.60. The quantitative estimate of drug-likeness (QED) is 0.174. The van der Waals surface area contributed by atoms with Crippen molar-refractivity contribution in [3.05, 3.63) is 54.3 Å². The minimum absolute atomic E-state index is 0.364. The first kappa shape index (κ1) is 24.3. The van der Waals surface area contributed by atoms with E-state index in [0.717, 1.165) is 5.56 Å². The van der Waals surface area contributed by atoms with Crippen molar-refractivity contribution in [1.29, 1.82) is 0 Å². The molecule has 5 N–H and O–H groups in total. The average molecular weight is 492 g/mol. The van der Waals surface area contributed by atoms with Gasteiger partial charge in [0.15, 0.2) is 6.29 Å². The van der Waals surface area contributed by atoms with Gasteiger partial charge >= 0.3 is 5.97 Å². The number of carbonyl (C=O) groups is 1. The number of fused-ring (bicyclic) bond motifs is 3. The normalized spacial score (nSPS) is 43.9. The molecule has 11 nitrogen and oxygen atoms in total. The first-order chi connectivity index (χ1) is 16.9. The maximum absolute atomic E-state index is 12.1. The number of epoxide rings is 1. The van der Waals surface area contributed by atoms with Crippen LogP contribution in [0.4, 0.5) is 0 Å². The van der Waals surface area contributed by atoms with E-state index in [1.807, 2.05) is 30.3 Å². The molecule has 11 heteroatoms. The van der Waals surface area contributed by atoms with E-state index in [9.17, 15) is 30.3 Å². The summed E-state index contributed by atoms with van der Waals surface area (Å²) < 4.78 is 27.7. The third-order valence-corrected chi connectivity index (χ3v) is 7.05. The van der Waals surface area contributed by atoms with Crippen LogP contribution in [0.2, 0.25) is 0 Å². The van der Waals surface area contributed by atoms with Crippen molar-refractivity contribution in [2.75, 3.05) is 13.2 Å². The first-order valence-corrected chi connectivity index (χ1v) is 11.4. The molecule has 3 heterocycles. The molecule has 2 unspecified atom stereocenters. The number of hydrogen-bond acceptors (Lipinski definition) is 11. The Kier molecular flexibility index (Phi) is 6.68. The number of rotatable bonds is 7. The molecular formula is C24H28O11. The molecule has 0 amide bonds. The van der Waals surface area contributed by atoms with Gasteiger partial charge in [0.2, 0.25) is 6.29 Å². The zero-order chi connectivity index (χ0) is 24.7. The lowest BCUT2D eigenvalue weighted by molar-refractivity contribution is -0.344. The van der Waals surface area contributed by atoms with Crippen molar-refractivity contribution in [2.45, 2.75) is 54.8 Å². The zero-order valence-electron chi connectivity index (χ0n) is 18.6. The molecule has 1 aliphatic carbocycles. The van der Waals surface area contributed by atoms with Crippen LogP contribution in [0, 0.1) is 11.8 Å². The molecular weight excluding hydrogens is 464 g/mol. The first-order valence-electron chi connectivity index (χ1n) is 11.4. The zero-order valence-corrected chi connectivity index (χ0v) is 18.6. The molecule has 1 aromatic carbocycles. The number of ether oxygens (including phenoxy) is 5. The number of esters is 1. The highest BCUT2D eigenvalue weighted by Gasteiger charge is 2.75. The number of benzene rings is 1. The molecule has 35 heavy (non-hydrogen) atoms. The van der Waals surface area contributed by atoms with Crippen molar-refractivity contribution in [3.63, 3.8) is 0 Å². The fourth-order valence-electron chi connectivity index (χ4n) is 5.10. The van der Waals surface area contributed by atoms with E-state index < -0.39 is 79.2 Å². The lowest BCUT2D eigenvalue weighted by Gasteiger charge is -2.43. The van der Waals surface area contributed by atoms with Gasteiger partial charge in [-0.2, -0.15) is 0 Å². The van der Waals surface area contributed by atoms with Gasteiger partial charge in [0.1, 0.15) is 42.7 Å². The Morgan fingerprint density at radius 1 is 1.03 bits per heavy atom. The molecule has 2 saturated heterocycles. The average Bonchev–Trinajstić information content (AvgIpc) is 3.57. The predicted molar refractivity (Wildman–Crippen MR) is 116 cm³/mol. The monoisotopic (exact) mass is 492 g/mol. The Balaban J connectivity index is 1.22. The van der Waals surface area contributed by atoms with Crippen LogP contribution in [0.15, 0.2) is 48.7 Å². The Bertz CT molecular complexity index is 967. The van der Waals surface area contributed by atoms with E-state index >= 15 is 0 Å². The van der Waals surface area contributed by atoms with E-state index in [1.165, 1.54) is 12.3 Å². The Labute approximate surface area is 200 Å². The Morgan fingerprint density at radius 2 is 1.80 bits per heavy atom. The van der Waals surface area contributed by atoms with Gasteiger partial charge in [-0.05, 0) is 17.7 Å². The third kappa shape index (κ3) is 4.39. The molecule has 190 valence electrons. The molecule has 4 aliphatic rings. The van der Waals surface area contributed by atoms with E-state index in [-0.39, 0.29) is 6.61 Å². The summed E-state index contributed by atoms with van der Waals surface area (Å²) >= 11 is 0. The number of hydrogen-bond donors (Lipinski definition) is 5. The van der Waals surface area contributed by atoms with Gasteiger partial charge in [0, 0.05) is 12.0 Å². The van der Waals surface area contributed by atoms with Gasteiger partial charge in [0.05, 0.1) is 24.9 Å². The fourth-order valence-corrected chi connectivity index (χ4v) is 5.10. The van der Waals surface area contributed by atoms with Crippen LogP contribution in [0.5, 0.6) is 0 Å². The third-order valence-electron chi connectivity index (χ3n) is 7.05. The van der Waals surface area contributed by atoms with Crippen molar-refractivity contribution in [3.8, 4) is 0 Å². The summed E-state index contributed by atoms with van der Waals surface area (Å²) in [5.41, 5.74) is -0.248. The second-order valence-corrected chi connectivity index (χ2v) is 9.10. The summed E-state index contributed by atoms with van der Waals surface area (Å²) in [5.74, 6) is -1.70. The molecule has 0 aromatic heterocycles. The van der Waals surface area contributed by atoms with Gasteiger partial charge < -0.3 is 49.2 Å². The molecule has 1 aromatic rings. The summed E-state index contributed by atoms with van der Waals surface area (Å²) in [6, 6.07) is 9.11. The minimum Gasteiger partial charge on any atom is -0.472 e. The van der Waals surface area contributed by atoms with E-state index in [2.05, 4.69) is 0 Å². The number of aliphatic hydroxyl groups is 5. The summed E-state index contributed by atoms with van der Waals surface area (Å²) in [6.45, 7) is -0.776. The molecule has 3 aliphatic heterocycles. The Morgan fingerprint density at radius 3 is 2.54 bits per heavy atom. The van der Waals surface area contributed by atoms with E-state index in [0.29, 0.717) is 0 Å². The molecule has 0 bridgehead atoms. The van der Waals surface area contributed by atoms with Crippen molar-refractivity contribution in [2.24, 2.45) is 11.8 Å². The van der Waals surface area contributed by atoms with Crippen molar-refractivity contribution in [1.82, 2.24) is 0 Å². The van der Waals surface area contributed by atoms with Gasteiger partial charge in [-0.25, -0.2) is 4.79 Å². The van der Waals surface area contributed by atoms with Gasteiger partial charge in [0.25, 0.3) is 0 Å². The van der Waals surface area contributed by atoms with E-state index in [4.69, 9.17) is 23.7 Å². The van der Waals surface area contributed by atoms with Crippen LogP contribution in [-0.4, -0.2) is 99.5 Å². The molecule has 1 saturated carbocycles. The van der Waals surface area contributed by atoms with E-state index in [1.54, 1.807) is 12.2 Å². The topological polar surface area (TPSA) is 168 Å². The molecule has 0 radical (unpaired) electrons. The highest BCUT2D eigenvalue weighted by molar-refractivity contribution is 5.87. The number of aliphatic hydroxyl groups excluding tert-OH is 5. The smallest absolute Gasteiger partial charge is 0.330 e. The van der Waals surface area contributed by atoms with Crippen LogP contribution in [-0.2, 0) is 28.5 Å². The van der Waals surface area contributed by atoms with Crippen molar-refractivity contribution < 1.29 is 54.0 Å². The molecule has 0 spiro atoms. The lowest BCUT2D eigenvalue weighted by Crippen LogP contribution is -2.60. The summed E-state index contributed by atoms with van der Waals surface area (Å²) in [5, 5.41) is 51.5. The van der Waals surface area contributed by atoms with Crippen LogP contribution in [0.25, 0.3) is 6.08 Å². The van der Waals surface area contributed by atoms with Gasteiger partial charge in [-0.1, -0.05) is 30.3 Å². The van der Waals surface area contributed by atoms with Crippen molar-refractivity contribution >= 4 is 12.0 Å². The molecule has 3 fully saturated rings. The van der Waals surface area contributed by atoms with Crippen LogP contribution in [0.3, 0.4) is 0 Å².